The van der Waals surface area contributed by atoms with E-state index >= 15 is 0 Å². The number of aliphatic hydroxyl groups is 1. The molecule has 0 rings (SSSR count). The Hall–Kier alpha value is -5.38. The number of nitrogens with two attached hydrogens (primary N) is 2. The Morgan fingerprint density at radius 1 is 0.469 bits per heavy atom. The zero-order chi connectivity index (χ0) is 49.6. The maximum atomic E-state index is 13.8. The summed E-state index contributed by atoms with van der Waals surface area (Å²) >= 11 is 0. The highest BCUT2D eigenvalue weighted by atomic mass is 16.4. The Labute approximate surface area is 376 Å². The molecule has 0 aliphatic heterocycles. The third-order valence-corrected chi connectivity index (χ3v) is 9.61. The molecule has 8 atom stereocenters. The highest BCUT2D eigenvalue weighted by molar-refractivity contribution is 5.97. The Balaban J connectivity index is 6.10. The number of nitrogens with one attached hydrogen (secondary N) is 8. The lowest BCUT2D eigenvalue weighted by molar-refractivity contribution is -0.143. The molecule has 0 aromatic rings. The summed E-state index contributed by atoms with van der Waals surface area (Å²) in [6, 6.07) is -9.01. The minimum atomic E-state index is -1.62. The second kappa shape index (κ2) is 29.1. The summed E-state index contributed by atoms with van der Waals surface area (Å²) in [4.78, 5) is 129. The van der Waals surface area contributed by atoms with Gasteiger partial charge in [0.2, 0.25) is 53.2 Å². The number of carboxylic acid groups (broad SMARTS) is 1. The van der Waals surface area contributed by atoms with E-state index in [1.807, 2.05) is 27.7 Å². The van der Waals surface area contributed by atoms with Crippen molar-refractivity contribution in [1.29, 1.82) is 0 Å². The van der Waals surface area contributed by atoms with Gasteiger partial charge in [-0.05, 0) is 68.6 Å². The van der Waals surface area contributed by atoms with Gasteiger partial charge in [0.25, 0.3) is 0 Å². The van der Waals surface area contributed by atoms with Gasteiger partial charge in [0.1, 0.15) is 42.3 Å². The van der Waals surface area contributed by atoms with Crippen LogP contribution in [0, 0.1) is 29.6 Å². The van der Waals surface area contributed by atoms with Gasteiger partial charge in [0.15, 0.2) is 0 Å². The fraction of sp³-hybridized carbons (Fsp3) is 0.762. The molecule has 0 aliphatic carbocycles. The molecule has 0 aliphatic rings. The molecule has 22 nitrogen and oxygen atoms in total. The number of primary amides is 1. The molecule has 22 heteroatoms. The van der Waals surface area contributed by atoms with Gasteiger partial charge in [0, 0.05) is 6.42 Å². The summed E-state index contributed by atoms with van der Waals surface area (Å²) in [5, 5.41) is 40.2. The maximum Gasteiger partial charge on any atom is 0.326 e. The minimum Gasteiger partial charge on any atom is -0.480 e. The van der Waals surface area contributed by atoms with Crippen LogP contribution in [-0.4, -0.2) is 131 Å². The van der Waals surface area contributed by atoms with Gasteiger partial charge in [-0.2, -0.15) is 0 Å². The van der Waals surface area contributed by atoms with Crippen molar-refractivity contribution < 1.29 is 58.2 Å². The van der Waals surface area contributed by atoms with E-state index in [9.17, 15) is 58.2 Å². The Bertz CT molecular complexity index is 1600. The minimum absolute atomic E-state index is 0.00496. The molecule has 0 aromatic heterocycles. The average molecular weight is 913 g/mol. The Morgan fingerprint density at radius 3 is 1.30 bits per heavy atom. The van der Waals surface area contributed by atoms with Crippen LogP contribution in [0.3, 0.4) is 0 Å². The second-order valence-corrected chi connectivity index (χ2v) is 18.2. The highest BCUT2D eigenvalue weighted by Crippen LogP contribution is 2.12. The standard InChI is InChI=1S/C42H76N10O12/c1-20(2)14-27(48-38(59)28(15-21(3)4)46-32(55)18-43)36(57)45-19-33(56)51-35(25(11)53)41(62)49-29(16-22(5)6)39(60)52-34(24(9)10)40(61)47-26(12-13-31(44)54)37(58)50-30(42(63)64)17-23(7)8/h20-30,34-35,53H,12-19,43H2,1-11H3,(H2,44,54)(H,45,57)(H,46,55)(H,47,61)(H,48,59)(H,49,62)(H,50,58)(H,51,56)(H,52,60)(H,63,64)/t25-,26+,27+,28+,29+,30+,34+,35+/m1/s1. The summed E-state index contributed by atoms with van der Waals surface area (Å²) < 4.78 is 0. The van der Waals surface area contributed by atoms with Gasteiger partial charge < -0.3 is 64.2 Å². The van der Waals surface area contributed by atoms with Gasteiger partial charge in [-0.25, -0.2) is 4.79 Å². The third kappa shape index (κ3) is 23.3. The molecule has 0 aromatic carbocycles. The van der Waals surface area contributed by atoms with Crippen molar-refractivity contribution >= 4 is 59.1 Å². The van der Waals surface area contributed by atoms with Gasteiger partial charge in [0.05, 0.1) is 19.2 Å². The van der Waals surface area contributed by atoms with E-state index in [0.29, 0.717) is 0 Å². The molecule has 0 radical (unpaired) electrons. The fourth-order valence-electron chi connectivity index (χ4n) is 6.39. The fourth-order valence-corrected chi connectivity index (χ4v) is 6.39. The van der Waals surface area contributed by atoms with E-state index in [-0.39, 0.29) is 68.7 Å². The first-order chi connectivity index (χ1) is 29.6. The number of carboxylic acids is 1. The van der Waals surface area contributed by atoms with Gasteiger partial charge in [-0.3, -0.25) is 43.2 Å². The van der Waals surface area contributed by atoms with E-state index < -0.39 is 120 Å². The van der Waals surface area contributed by atoms with Gasteiger partial charge >= 0.3 is 5.97 Å². The van der Waals surface area contributed by atoms with Gasteiger partial charge in [-0.1, -0.05) is 69.2 Å². The number of carbonyl (C=O) groups excluding carboxylic acids is 9. The van der Waals surface area contributed by atoms with Crippen molar-refractivity contribution in [3.63, 3.8) is 0 Å². The molecule has 0 spiro atoms. The molecule has 64 heavy (non-hydrogen) atoms. The van der Waals surface area contributed by atoms with Gasteiger partial charge in [-0.15, -0.1) is 0 Å². The molecule has 0 heterocycles. The number of carbonyl (C=O) groups is 10. The second-order valence-electron chi connectivity index (χ2n) is 18.2. The SMILES string of the molecule is CC(C)C[C@H](NC(=O)[C@H](CCC(N)=O)NC(=O)[C@@H](NC(=O)[C@H](CC(C)C)NC(=O)[C@@H](NC(=O)CNC(=O)[C@H](CC(C)C)NC(=O)[C@H](CC(C)C)NC(=O)CN)[C@@H](C)O)C(C)C)C(=O)O. The molecular formula is C42H76N10O12. The summed E-state index contributed by atoms with van der Waals surface area (Å²) in [5.41, 5.74) is 10.7. The number of aliphatic hydroxyl groups excluding tert-OH is 1. The van der Waals surface area contributed by atoms with E-state index in [0.717, 1.165) is 0 Å². The van der Waals surface area contributed by atoms with Crippen molar-refractivity contribution in [3.8, 4) is 0 Å². The lowest BCUT2D eigenvalue weighted by Gasteiger charge is -2.29. The summed E-state index contributed by atoms with van der Waals surface area (Å²) in [6.07, 6.45) is -1.55. The first-order valence-electron chi connectivity index (χ1n) is 21.9. The van der Waals surface area contributed by atoms with Crippen molar-refractivity contribution in [2.45, 2.75) is 163 Å². The molecule has 0 bridgehead atoms. The Kier molecular flexibility index (Phi) is 26.7. The lowest BCUT2D eigenvalue weighted by atomic mass is 9.98. The number of hydrogen-bond acceptors (Lipinski definition) is 12. The van der Waals surface area contributed by atoms with Crippen molar-refractivity contribution in [1.82, 2.24) is 42.5 Å². The van der Waals surface area contributed by atoms with E-state index in [1.165, 1.54) is 6.92 Å². The molecule has 14 N–H and O–H groups in total. The van der Waals surface area contributed by atoms with Crippen LogP contribution in [0.15, 0.2) is 0 Å². The smallest absolute Gasteiger partial charge is 0.326 e. The van der Waals surface area contributed by atoms with Crippen LogP contribution in [0.2, 0.25) is 0 Å². The van der Waals surface area contributed by atoms with Crippen LogP contribution in [0.1, 0.15) is 115 Å². The third-order valence-electron chi connectivity index (χ3n) is 9.61. The normalized spacial score (nSPS) is 15.2. The van der Waals surface area contributed by atoms with E-state index in [4.69, 9.17) is 11.5 Å². The summed E-state index contributed by atoms with van der Waals surface area (Å²) in [5.74, 6) is -9.38. The molecule has 366 valence electrons. The van der Waals surface area contributed by atoms with Crippen LogP contribution in [-0.2, 0) is 47.9 Å². The maximum absolute atomic E-state index is 13.8. The monoisotopic (exact) mass is 913 g/mol. The predicted octanol–water partition coefficient (Wildman–Crippen LogP) is -1.97. The predicted molar refractivity (Wildman–Crippen MR) is 236 cm³/mol. The molecule has 0 fully saturated rings. The summed E-state index contributed by atoms with van der Waals surface area (Å²) in [6.45, 7) is 17.8. The number of amides is 9. The first-order valence-corrected chi connectivity index (χ1v) is 21.9. The number of aliphatic carboxylic acids is 1. The lowest BCUT2D eigenvalue weighted by Crippen LogP contribution is -2.61. The van der Waals surface area contributed by atoms with Crippen molar-refractivity contribution in [3.05, 3.63) is 0 Å². The van der Waals surface area contributed by atoms with Crippen LogP contribution in [0.5, 0.6) is 0 Å². The van der Waals surface area contributed by atoms with Crippen LogP contribution < -0.4 is 54.0 Å². The topological polar surface area (TPSA) is 359 Å². The largest absolute Gasteiger partial charge is 0.480 e. The van der Waals surface area contributed by atoms with Crippen molar-refractivity contribution in [2.75, 3.05) is 13.1 Å². The van der Waals surface area contributed by atoms with E-state index in [1.54, 1.807) is 41.5 Å². The zero-order valence-corrected chi connectivity index (χ0v) is 39.3. The van der Waals surface area contributed by atoms with Crippen LogP contribution >= 0.6 is 0 Å². The van der Waals surface area contributed by atoms with Crippen LogP contribution in [0.25, 0.3) is 0 Å². The highest BCUT2D eigenvalue weighted by Gasteiger charge is 2.35. The number of hydrogen-bond donors (Lipinski definition) is 12. The van der Waals surface area contributed by atoms with Crippen LogP contribution in [0.4, 0.5) is 0 Å². The molecule has 0 saturated heterocycles. The van der Waals surface area contributed by atoms with E-state index in [2.05, 4.69) is 42.5 Å². The molecule has 0 unspecified atom stereocenters. The van der Waals surface area contributed by atoms with Crippen molar-refractivity contribution in [2.24, 2.45) is 41.1 Å². The first kappa shape index (κ1) is 58.6. The molecule has 9 amide bonds. The molecule has 0 saturated carbocycles. The summed E-state index contributed by atoms with van der Waals surface area (Å²) in [7, 11) is 0. The average Bonchev–Trinajstić information content (AvgIpc) is 3.16. The Morgan fingerprint density at radius 2 is 0.859 bits per heavy atom. The quantitative estimate of drug-likeness (QED) is 0.0373. The zero-order valence-electron chi connectivity index (χ0n) is 39.3. The molecular weight excluding hydrogens is 837 g/mol. The number of rotatable bonds is 30.